The van der Waals surface area contributed by atoms with E-state index in [0.29, 0.717) is 6.42 Å². The van der Waals surface area contributed by atoms with Crippen LogP contribution in [0, 0.1) is 5.92 Å². The number of hydrogen-bond donors (Lipinski definition) is 1. The summed E-state index contributed by atoms with van der Waals surface area (Å²) in [6.45, 7) is 2.66. The molecule has 0 radical (unpaired) electrons. The van der Waals surface area contributed by atoms with Gasteiger partial charge in [0.05, 0.1) is 0 Å². The fourth-order valence-electron chi connectivity index (χ4n) is 2.66. The number of nitrogens with zero attached hydrogens (tertiary/aromatic N) is 2. The van der Waals surface area contributed by atoms with Crippen molar-refractivity contribution in [3.05, 3.63) is 30.3 Å². The van der Waals surface area contributed by atoms with Crippen LogP contribution in [0.2, 0.25) is 0 Å². The van der Waals surface area contributed by atoms with Gasteiger partial charge >= 0.3 is 0 Å². The molecule has 110 valence electrons. The third-order valence-corrected chi connectivity index (χ3v) is 3.92. The minimum atomic E-state index is 0.124. The fourth-order valence-corrected chi connectivity index (χ4v) is 2.66. The molecule has 1 N–H and O–H groups in total. The zero-order valence-corrected chi connectivity index (χ0v) is 12.2. The fraction of sp³-hybridized carbons (Fsp3) is 0.562. The van der Waals surface area contributed by atoms with Gasteiger partial charge in [-0.2, -0.15) is 0 Å². The van der Waals surface area contributed by atoms with Gasteiger partial charge in [0.1, 0.15) is 0 Å². The molecule has 1 aliphatic rings. The molecule has 4 nitrogen and oxygen atoms in total. The second-order valence-electron chi connectivity index (χ2n) is 5.56. The predicted molar refractivity (Wildman–Crippen MR) is 80.7 cm³/mol. The lowest BCUT2D eigenvalue weighted by atomic mass is 10.1. The van der Waals surface area contributed by atoms with E-state index in [1.54, 1.807) is 0 Å². The Kier molecular flexibility index (Phi) is 5.41. The normalized spacial score (nSPS) is 18.6. The lowest BCUT2D eigenvalue weighted by Gasteiger charge is -2.20. The van der Waals surface area contributed by atoms with Crippen LogP contribution in [-0.2, 0) is 4.79 Å². The molecular formula is C16H24N2O2. The van der Waals surface area contributed by atoms with Gasteiger partial charge in [-0.1, -0.05) is 18.2 Å². The number of aliphatic hydroxyl groups is 1. The van der Waals surface area contributed by atoms with Crippen molar-refractivity contribution >= 4 is 11.6 Å². The molecule has 4 heteroatoms. The summed E-state index contributed by atoms with van der Waals surface area (Å²) < 4.78 is 0. The molecule has 0 bridgehead atoms. The summed E-state index contributed by atoms with van der Waals surface area (Å²) in [6, 6.07) is 10.3. The predicted octanol–water partition coefficient (Wildman–Crippen LogP) is 1.74. The van der Waals surface area contributed by atoms with E-state index in [2.05, 4.69) is 24.1 Å². The highest BCUT2D eigenvalue weighted by Crippen LogP contribution is 2.18. The van der Waals surface area contributed by atoms with E-state index >= 15 is 0 Å². The maximum atomic E-state index is 11.7. The number of para-hydroxylation sites is 1. The molecule has 1 unspecified atom stereocenters. The first-order valence-electron chi connectivity index (χ1n) is 7.35. The zero-order chi connectivity index (χ0) is 14.4. The third kappa shape index (κ3) is 3.97. The van der Waals surface area contributed by atoms with Crippen LogP contribution in [0.25, 0.3) is 0 Å². The zero-order valence-electron chi connectivity index (χ0n) is 12.2. The van der Waals surface area contributed by atoms with E-state index < -0.39 is 0 Å². The molecule has 0 saturated carbocycles. The van der Waals surface area contributed by atoms with Crippen LogP contribution in [0.3, 0.4) is 0 Å². The number of amides is 1. The van der Waals surface area contributed by atoms with Crippen LogP contribution in [-0.4, -0.2) is 49.2 Å². The minimum absolute atomic E-state index is 0.124. The number of likely N-dealkylation sites (tertiary alicyclic amines) is 1. The summed E-state index contributed by atoms with van der Waals surface area (Å²) in [5, 5.41) is 9.09. The Morgan fingerprint density at radius 3 is 2.70 bits per heavy atom. The van der Waals surface area contributed by atoms with Gasteiger partial charge in [-0.05, 0) is 25.0 Å². The highest BCUT2D eigenvalue weighted by molar-refractivity contribution is 5.78. The van der Waals surface area contributed by atoms with Gasteiger partial charge in [0, 0.05) is 51.3 Å². The number of benzene rings is 1. The Hall–Kier alpha value is -1.55. The maximum Gasteiger partial charge on any atom is 0.223 e. The smallest absolute Gasteiger partial charge is 0.223 e. The first-order chi connectivity index (χ1) is 9.70. The van der Waals surface area contributed by atoms with Crippen molar-refractivity contribution in [2.75, 3.05) is 38.2 Å². The van der Waals surface area contributed by atoms with E-state index in [4.69, 9.17) is 5.11 Å². The van der Waals surface area contributed by atoms with Crippen LogP contribution in [0.4, 0.5) is 5.69 Å². The molecule has 1 heterocycles. The Morgan fingerprint density at radius 2 is 2.05 bits per heavy atom. The lowest BCUT2D eigenvalue weighted by Crippen LogP contribution is -2.27. The molecule has 20 heavy (non-hydrogen) atoms. The average Bonchev–Trinajstić information content (AvgIpc) is 2.85. The molecule has 1 saturated heterocycles. The quantitative estimate of drug-likeness (QED) is 0.772. The van der Waals surface area contributed by atoms with E-state index in [0.717, 1.165) is 32.5 Å². The van der Waals surface area contributed by atoms with Crippen molar-refractivity contribution in [1.82, 2.24) is 4.90 Å². The molecule has 0 spiro atoms. The topological polar surface area (TPSA) is 43.8 Å². The SMILES string of the molecule is CN(CCCCN1CC(CO)CC1=O)c1ccccc1. The summed E-state index contributed by atoms with van der Waals surface area (Å²) in [5.74, 6) is 0.343. The number of unbranched alkanes of at least 4 members (excludes halogenated alkanes) is 1. The number of aliphatic hydroxyl groups excluding tert-OH is 1. The van der Waals surface area contributed by atoms with Crippen LogP contribution in [0.15, 0.2) is 30.3 Å². The second-order valence-corrected chi connectivity index (χ2v) is 5.56. The van der Waals surface area contributed by atoms with Crippen molar-refractivity contribution in [3.63, 3.8) is 0 Å². The summed E-state index contributed by atoms with van der Waals surface area (Å²) in [6.07, 6.45) is 2.60. The van der Waals surface area contributed by atoms with Gasteiger partial charge in [-0.15, -0.1) is 0 Å². The molecule has 1 aliphatic heterocycles. The monoisotopic (exact) mass is 276 g/mol. The van der Waals surface area contributed by atoms with E-state index in [9.17, 15) is 4.79 Å². The van der Waals surface area contributed by atoms with Crippen molar-refractivity contribution in [2.24, 2.45) is 5.92 Å². The van der Waals surface area contributed by atoms with Gasteiger partial charge in [0.2, 0.25) is 5.91 Å². The van der Waals surface area contributed by atoms with Crippen molar-refractivity contribution in [3.8, 4) is 0 Å². The molecule has 1 amide bonds. The van der Waals surface area contributed by atoms with E-state index in [1.807, 2.05) is 23.1 Å². The number of anilines is 1. The molecule has 2 rings (SSSR count). The molecule has 1 atom stereocenters. The highest BCUT2D eigenvalue weighted by Gasteiger charge is 2.28. The summed E-state index contributed by atoms with van der Waals surface area (Å²) in [5.41, 5.74) is 1.23. The Balaban J connectivity index is 1.66. The molecule has 1 aromatic rings. The largest absolute Gasteiger partial charge is 0.396 e. The number of carbonyl (C=O) groups excluding carboxylic acids is 1. The Bertz CT molecular complexity index is 422. The van der Waals surface area contributed by atoms with Gasteiger partial charge < -0.3 is 14.9 Å². The van der Waals surface area contributed by atoms with Crippen molar-refractivity contribution < 1.29 is 9.90 Å². The summed E-state index contributed by atoms with van der Waals surface area (Å²) in [7, 11) is 2.10. The average molecular weight is 276 g/mol. The van der Waals surface area contributed by atoms with Gasteiger partial charge in [0.25, 0.3) is 0 Å². The molecule has 1 aromatic carbocycles. The molecular weight excluding hydrogens is 252 g/mol. The summed E-state index contributed by atoms with van der Waals surface area (Å²) >= 11 is 0. The van der Waals surface area contributed by atoms with Gasteiger partial charge in [0.15, 0.2) is 0 Å². The van der Waals surface area contributed by atoms with Gasteiger partial charge in [-0.3, -0.25) is 4.79 Å². The minimum Gasteiger partial charge on any atom is -0.396 e. The van der Waals surface area contributed by atoms with Crippen LogP contribution < -0.4 is 4.90 Å². The van der Waals surface area contributed by atoms with Crippen LogP contribution in [0.5, 0.6) is 0 Å². The Labute approximate surface area is 121 Å². The molecule has 1 fully saturated rings. The number of rotatable bonds is 7. The second kappa shape index (κ2) is 7.29. The van der Waals surface area contributed by atoms with Crippen molar-refractivity contribution in [1.29, 1.82) is 0 Å². The molecule has 0 aromatic heterocycles. The first kappa shape index (κ1) is 14.9. The van der Waals surface area contributed by atoms with Gasteiger partial charge in [-0.25, -0.2) is 0 Å². The molecule has 0 aliphatic carbocycles. The number of carbonyl (C=O) groups is 1. The van der Waals surface area contributed by atoms with E-state index in [-0.39, 0.29) is 18.4 Å². The van der Waals surface area contributed by atoms with E-state index in [1.165, 1.54) is 5.69 Å². The van der Waals surface area contributed by atoms with Crippen molar-refractivity contribution in [2.45, 2.75) is 19.3 Å². The highest BCUT2D eigenvalue weighted by atomic mass is 16.3. The lowest BCUT2D eigenvalue weighted by molar-refractivity contribution is -0.127. The third-order valence-electron chi connectivity index (χ3n) is 3.92. The van der Waals surface area contributed by atoms with Crippen LogP contribution in [0.1, 0.15) is 19.3 Å². The standard InChI is InChI=1S/C16H24N2O2/c1-17(15-7-3-2-4-8-15)9-5-6-10-18-12-14(13-19)11-16(18)20/h2-4,7-8,14,19H,5-6,9-13H2,1H3. The maximum absolute atomic E-state index is 11.7. The Morgan fingerprint density at radius 1 is 1.30 bits per heavy atom. The van der Waals surface area contributed by atoms with Crippen LogP contribution >= 0.6 is 0 Å². The first-order valence-corrected chi connectivity index (χ1v) is 7.35. The summed E-state index contributed by atoms with van der Waals surface area (Å²) in [4.78, 5) is 15.8. The number of hydrogen-bond acceptors (Lipinski definition) is 3.